The highest BCUT2D eigenvalue weighted by molar-refractivity contribution is 9.10. The number of halogens is 1. The Morgan fingerprint density at radius 2 is 1.92 bits per heavy atom. The molecule has 1 N–H and O–H groups in total. The van der Waals surface area contributed by atoms with E-state index in [4.69, 9.17) is 4.74 Å². The van der Waals surface area contributed by atoms with Gasteiger partial charge in [-0.1, -0.05) is 40.2 Å². The maximum atomic E-state index is 5.73. The molecule has 3 rings (SSSR count). The van der Waals surface area contributed by atoms with Gasteiger partial charge in [-0.15, -0.1) is 0 Å². The van der Waals surface area contributed by atoms with Gasteiger partial charge in [0.2, 0.25) is 0 Å². The first kappa shape index (κ1) is 17.5. The van der Waals surface area contributed by atoms with E-state index in [2.05, 4.69) is 68.6 Å². The topological polar surface area (TPSA) is 24.5 Å². The summed E-state index contributed by atoms with van der Waals surface area (Å²) in [5.41, 5.74) is 2.62. The molecular formula is C20H25BrN2O. The largest absolute Gasteiger partial charge is 0.494 e. The van der Waals surface area contributed by atoms with Gasteiger partial charge in [0, 0.05) is 24.1 Å². The van der Waals surface area contributed by atoms with Crippen LogP contribution in [0, 0.1) is 0 Å². The van der Waals surface area contributed by atoms with Crippen molar-refractivity contribution in [2.45, 2.75) is 19.4 Å². The van der Waals surface area contributed by atoms with E-state index in [1.807, 2.05) is 13.0 Å². The minimum Gasteiger partial charge on any atom is -0.494 e. The van der Waals surface area contributed by atoms with E-state index in [1.165, 1.54) is 17.5 Å². The van der Waals surface area contributed by atoms with Crippen LogP contribution in [0.2, 0.25) is 0 Å². The molecule has 0 bridgehead atoms. The molecule has 0 spiro atoms. The minimum absolute atomic E-state index is 0.262. The van der Waals surface area contributed by atoms with Gasteiger partial charge < -0.3 is 10.1 Å². The molecule has 1 aliphatic rings. The van der Waals surface area contributed by atoms with Crippen molar-refractivity contribution in [3.05, 3.63) is 64.1 Å². The number of benzene rings is 2. The molecule has 1 atom stereocenters. The molecule has 2 aromatic rings. The molecule has 1 unspecified atom stereocenters. The Bertz CT molecular complexity index is 636. The van der Waals surface area contributed by atoms with Crippen molar-refractivity contribution in [2.75, 3.05) is 32.8 Å². The first-order valence-electron chi connectivity index (χ1n) is 8.71. The predicted molar refractivity (Wildman–Crippen MR) is 103 cm³/mol. The number of nitrogens with one attached hydrogen (secondary N) is 1. The average molecular weight is 389 g/mol. The molecule has 24 heavy (non-hydrogen) atoms. The lowest BCUT2D eigenvalue weighted by molar-refractivity contribution is 0.240. The fourth-order valence-corrected chi connectivity index (χ4v) is 3.59. The summed E-state index contributed by atoms with van der Waals surface area (Å²) in [4.78, 5) is 2.58. The van der Waals surface area contributed by atoms with Crippen LogP contribution in [-0.2, 0) is 0 Å². The smallest absolute Gasteiger partial charge is 0.119 e. The van der Waals surface area contributed by atoms with Crippen LogP contribution >= 0.6 is 15.9 Å². The van der Waals surface area contributed by atoms with Gasteiger partial charge in [-0.05, 0) is 55.3 Å². The quantitative estimate of drug-likeness (QED) is 0.828. The van der Waals surface area contributed by atoms with E-state index in [0.717, 1.165) is 36.4 Å². The first-order valence-corrected chi connectivity index (χ1v) is 9.50. The van der Waals surface area contributed by atoms with Crippen LogP contribution < -0.4 is 10.1 Å². The van der Waals surface area contributed by atoms with Crippen molar-refractivity contribution < 1.29 is 4.74 Å². The standard InChI is InChI=1S/C20H25BrN2O/c1-2-24-19-6-3-5-17(15-19)20(16-7-9-18(21)10-8-16)23-13-4-11-22-12-14-23/h3,5-10,15,20,22H,2,4,11-14H2,1H3. The van der Waals surface area contributed by atoms with Gasteiger partial charge in [-0.25, -0.2) is 0 Å². The molecule has 0 aliphatic carbocycles. The van der Waals surface area contributed by atoms with Crippen molar-refractivity contribution in [3.8, 4) is 5.75 Å². The summed E-state index contributed by atoms with van der Waals surface area (Å²) in [6.45, 7) is 7.02. The Labute approximate surface area is 153 Å². The van der Waals surface area contributed by atoms with Crippen LogP contribution in [0.25, 0.3) is 0 Å². The summed E-state index contributed by atoms with van der Waals surface area (Å²) >= 11 is 3.55. The SMILES string of the molecule is CCOc1cccc(C(c2ccc(Br)cc2)N2CCCNCC2)c1. The van der Waals surface area contributed by atoms with Gasteiger partial charge in [-0.3, -0.25) is 4.90 Å². The Morgan fingerprint density at radius 1 is 1.08 bits per heavy atom. The second kappa shape index (κ2) is 8.65. The lowest BCUT2D eigenvalue weighted by Gasteiger charge is -2.31. The zero-order valence-corrected chi connectivity index (χ0v) is 15.8. The minimum atomic E-state index is 0.262. The molecule has 1 heterocycles. The normalized spacial score (nSPS) is 17.2. The van der Waals surface area contributed by atoms with Gasteiger partial charge in [-0.2, -0.15) is 0 Å². The summed E-state index contributed by atoms with van der Waals surface area (Å²) in [5, 5.41) is 3.50. The summed E-state index contributed by atoms with van der Waals surface area (Å²) < 4.78 is 6.84. The Morgan fingerprint density at radius 3 is 2.71 bits per heavy atom. The summed E-state index contributed by atoms with van der Waals surface area (Å²) in [6.07, 6.45) is 1.18. The molecule has 1 aliphatic heterocycles. The molecule has 3 nitrogen and oxygen atoms in total. The van der Waals surface area contributed by atoms with Crippen LogP contribution in [0.3, 0.4) is 0 Å². The third-order valence-corrected chi connectivity index (χ3v) is 4.94. The van der Waals surface area contributed by atoms with E-state index in [9.17, 15) is 0 Å². The van der Waals surface area contributed by atoms with Gasteiger partial charge in [0.25, 0.3) is 0 Å². The third kappa shape index (κ3) is 4.38. The number of ether oxygens (including phenoxy) is 1. The highest BCUT2D eigenvalue weighted by atomic mass is 79.9. The second-order valence-corrected chi connectivity index (χ2v) is 7.01. The Balaban J connectivity index is 1.97. The molecule has 4 heteroatoms. The molecule has 0 amide bonds. The number of rotatable bonds is 5. The molecule has 0 radical (unpaired) electrons. The molecule has 2 aromatic carbocycles. The fraction of sp³-hybridized carbons (Fsp3) is 0.400. The van der Waals surface area contributed by atoms with E-state index >= 15 is 0 Å². The summed E-state index contributed by atoms with van der Waals surface area (Å²) in [7, 11) is 0. The third-order valence-electron chi connectivity index (χ3n) is 4.41. The average Bonchev–Trinajstić information content (AvgIpc) is 2.87. The van der Waals surface area contributed by atoms with E-state index < -0.39 is 0 Å². The number of hydrogen-bond donors (Lipinski definition) is 1. The molecule has 1 saturated heterocycles. The lowest BCUT2D eigenvalue weighted by atomic mass is 9.96. The van der Waals surface area contributed by atoms with Crippen LogP contribution in [0.5, 0.6) is 5.75 Å². The highest BCUT2D eigenvalue weighted by Crippen LogP contribution is 2.32. The number of hydrogen-bond acceptors (Lipinski definition) is 3. The van der Waals surface area contributed by atoms with Gasteiger partial charge >= 0.3 is 0 Å². The van der Waals surface area contributed by atoms with E-state index in [1.54, 1.807) is 0 Å². The summed E-state index contributed by atoms with van der Waals surface area (Å²) in [5.74, 6) is 0.949. The van der Waals surface area contributed by atoms with Crippen LogP contribution in [0.15, 0.2) is 53.0 Å². The van der Waals surface area contributed by atoms with Crippen molar-refractivity contribution >= 4 is 15.9 Å². The van der Waals surface area contributed by atoms with Crippen LogP contribution in [0.4, 0.5) is 0 Å². The first-order chi connectivity index (χ1) is 11.8. The monoisotopic (exact) mass is 388 g/mol. The Kier molecular flexibility index (Phi) is 6.30. The second-order valence-electron chi connectivity index (χ2n) is 6.10. The molecule has 128 valence electrons. The van der Waals surface area contributed by atoms with Gasteiger partial charge in [0.15, 0.2) is 0 Å². The maximum absolute atomic E-state index is 5.73. The van der Waals surface area contributed by atoms with Crippen molar-refractivity contribution in [1.29, 1.82) is 0 Å². The molecule has 0 saturated carbocycles. The van der Waals surface area contributed by atoms with Gasteiger partial charge in [0.05, 0.1) is 12.6 Å². The fourth-order valence-electron chi connectivity index (χ4n) is 3.33. The Hall–Kier alpha value is -1.36. The molecule has 1 fully saturated rings. The number of nitrogens with zero attached hydrogens (tertiary/aromatic N) is 1. The molecular weight excluding hydrogens is 364 g/mol. The maximum Gasteiger partial charge on any atom is 0.119 e. The zero-order chi connectivity index (χ0) is 16.8. The predicted octanol–water partition coefficient (Wildman–Crippen LogP) is 4.23. The molecule has 0 aromatic heterocycles. The van der Waals surface area contributed by atoms with Crippen LogP contribution in [-0.4, -0.2) is 37.7 Å². The highest BCUT2D eigenvalue weighted by Gasteiger charge is 2.23. The summed E-state index contributed by atoms with van der Waals surface area (Å²) in [6, 6.07) is 17.5. The van der Waals surface area contributed by atoms with Gasteiger partial charge in [0.1, 0.15) is 5.75 Å². The van der Waals surface area contributed by atoms with Crippen molar-refractivity contribution in [2.24, 2.45) is 0 Å². The van der Waals surface area contributed by atoms with Crippen molar-refractivity contribution in [1.82, 2.24) is 10.2 Å². The zero-order valence-electron chi connectivity index (χ0n) is 14.2. The lowest BCUT2D eigenvalue weighted by Crippen LogP contribution is -2.33. The van der Waals surface area contributed by atoms with Crippen molar-refractivity contribution in [3.63, 3.8) is 0 Å². The van der Waals surface area contributed by atoms with E-state index in [-0.39, 0.29) is 6.04 Å². The van der Waals surface area contributed by atoms with E-state index in [0.29, 0.717) is 6.61 Å². The van der Waals surface area contributed by atoms with Crippen LogP contribution in [0.1, 0.15) is 30.5 Å².